The highest BCUT2D eigenvalue weighted by molar-refractivity contribution is 5.82. The number of nitrogens with one attached hydrogen (secondary N) is 1. The largest absolute Gasteiger partial charge is 0.356 e. The molecule has 2 heteroatoms. The number of benzene rings is 1. The summed E-state index contributed by atoms with van der Waals surface area (Å²) in [4.78, 5) is 12.0. The molecule has 2 saturated carbocycles. The van der Waals surface area contributed by atoms with E-state index in [1.165, 1.54) is 31.2 Å². The van der Waals surface area contributed by atoms with Crippen LogP contribution in [0, 0.1) is 11.8 Å². The molecule has 96 valence electrons. The van der Waals surface area contributed by atoms with E-state index in [1.807, 2.05) is 6.07 Å². The van der Waals surface area contributed by atoms with Crippen LogP contribution in [-0.2, 0) is 4.79 Å². The van der Waals surface area contributed by atoms with Gasteiger partial charge in [-0.2, -0.15) is 0 Å². The van der Waals surface area contributed by atoms with Crippen LogP contribution in [0.15, 0.2) is 30.3 Å². The third kappa shape index (κ3) is 2.58. The summed E-state index contributed by atoms with van der Waals surface area (Å²) in [6.07, 6.45) is 6.31. The van der Waals surface area contributed by atoms with E-state index in [9.17, 15) is 4.79 Å². The first-order chi connectivity index (χ1) is 8.84. The maximum atomic E-state index is 12.0. The fourth-order valence-corrected chi connectivity index (χ4v) is 3.14. The highest BCUT2D eigenvalue weighted by atomic mass is 16.2. The van der Waals surface area contributed by atoms with Crippen LogP contribution in [0.25, 0.3) is 0 Å². The van der Waals surface area contributed by atoms with E-state index < -0.39 is 0 Å². The highest BCUT2D eigenvalue weighted by Gasteiger charge is 2.43. The van der Waals surface area contributed by atoms with Crippen molar-refractivity contribution >= 4 is 5.91 Å². The lowest BCUT2D eigenvalue weighted by Gasteiger charge is -2.10. The molecule has 2 aliphatic carbocycles. The molecule has 2 atom stereocenters. The Labute approximate surface area is 109 Å². The average molecular weight is 243 g/mol. The molecular weight excluding hydrogens is 222 g/mol. The van der Waals surface area contributed by atoms with Gasteiger partial charge in [-0.3, -0.25) is 4.79 Å². The Hall–Kier alpha value is -1.31. The van der Waals surface area contributed by atoms with Gasteiger partial charge in [0.15, 0.2) is 0 Å². The molecule has 0 bridgehead atoms. The van der Waals surface area contributed by atoms with Gasteiger partial charge in [-0.1, -0.05) is 43.2 Å². The minimum absolute atomic E-state index is 0.230. The molecule has 3 rings (SSSR count). The van der Waals surface area contributed by atoms with Crippen LogP contribution < -0.4 is 5.32 Å². The normalized spacial score (nSPS) is 27.1. The van der Waals surface area contributed by atoms with Crippen molar-refractivity contribution in [3.05, 3.63) is 35.9 Å². The van der Waals surface area contributed by atoms with E-state index in [2.05, 4.69) is 29.6 Å². The summed E-state index contributed by atoms with van der Waals surface area (Å²) in [5, 5.41) is 3.15. The molecule has 2 unspecified atom stereocenters. The van der Waals surface area contributed by atoms with E-state index in [0.717, 1.165) is 18.9 Å². The molecule has 18 heavy (non-hydrogen) atoms. The molecule has 1 N–H and O–H groups in total. The van der Waals surface area contributed by atoms with Crippen LogP contribution in [0.1, 0.15) is 43.6 Å². The first-order valence-corrected chi connectivity index (χ1v) is 7.17. The van der Waals surface area contributed by atoms with Crippen molar-refractivity contribution in [1.29, 1.82) is 0 Å². The summed E-state index contributed by atoms with van der Waals surface area (Å²) in [7, 11) is 0. The Bertz CT molecular complexity index is 408. The minimum Gasteiger partial charge on any atom is -0.356 e. The number of hydrogen-bond donors (Lipinski definition) is 1. The SMILES string of the molecule is O=C(NCC1CCCC1)C1CC1c1ccccc1. The minimum atomic E-state index is 0.230. The second-order valence-corrected chi connectivity index (χ2v) is 5.76. The molecule has 2 aliphatic rings. The second kappa shape index (κ2) is 5.13. The summed E-state index contributed by atoms with van der Waals surface area (Å²) >= 11 is 0. The summed E-state index contributed by atoms with van der Waals surface area (Å²) < 4.78 is 0. The first-order valence-electron chi connectivity index (χ1n) is 7.17. The molecule has 0 radical (unpaired) electrons. The lowest BCUT2D eigenvalue weighted by molar-refractivity contribution is -0.122. The smallest absolute Gasteiger partial charge is 0.223 e. The Morgan fingerprint density at radius 2 is 1.89 bits per heavy atom. The van der Waals surface area contributed by atoms with E-state index >= 15 is 0 Å². The van der Waals surface area contributed by atoms with E-state index in [0.29, 0.717) is 5.92 Å². The van der Waals surface area contributed by atoms with Crippen molar-refractivity contribution < 1.29 is 4.79 Å². The zero-order valence-corrected chi connectivity index (χ0v) is 10.8. The van der Waals surface area contributed by atoms with Crippen molar-refractivity contribution in [2.75, 3.05) is 6.54 Å². The van der Waals surface area contributed by atoms with Crippen molar-refractivity contribution in [2.24, 2.45) is 11.8 Å². The average Bonchev–Trinajstić information content (AvgIpc) is 3.05. The summed E-state index contributed by atoms with van der Waals surface area (Å²) in [6.45, 7) is 0.900. The standard InChI is InChI=1S/C16H21NO/c18-16(17-11-12-6-4-5-7-12)15-10-14(15)13-8-2-1-3-9-13/h1-3,8-9,12,14-15H,4-7,10-11H2,(H,17,18). The van der Waals surface area contributed by atoms with Crippen molar-refractivity contribution in [3.8, 4) is 0 Å². The van der Waals surface area contributed by atoms with Gasteiger partial charge in [0.2, 0.25) is 5.91 Å². The van der Waals surface area contributed by atoms with Gasteiger partial charge in [0.05, 0.1) is 0 Å². The molecular formula is C16H21NO. The number of carbonyl (C=O) groups is 1. The molecule has 2 nitrogen and oxygen atoms in total. The third-order valence-electron chi connectivity index (χ3n) is 4.39. The quantitative estimate of drug-likeness (QED) is 0.865. The molecule has 1 aromatic carbocycles. The summed E-state index contributed by atoms with van der Waals surface area (Å²) in [5.41, 5.74) is 1.32. The van der Waals surface area contributed by atoms with E-state index in [1.54, 1.807) is 0 Å². The molecule has 0 spiro atoms. The number of carbonyl (C=O) groups excluding carboxylic acids is 1. The van der Waals surface area contributed by atoms with Gasteiger partial charge in [0, 0.05) is 12.5 Å². The van der Waals surface area contributed by atoms with Crippen LogP contribution in [0.3, 0.4) is 0 Å². The van der Waals surface area contributed by atoms with Crippen LogP contribution in [0.5, 0.6) is 0 Å². The van der Waals surface area contributed by atoms with Crippen molar-refractivity contribution in [3.63, 3.8) is 0 Å². The van der Waals surface area contributed by atoms with Gasteiger partial charge >= 0.3 is 0 Å². The Morgan fingerprint density at radius 1 is 1.17 bits per heavy atom. The van der Waals surface area contributed by atoms with Gasteiger partial charge in [-0.05, 0) is 36.7 Å². The summed E-state index contributed by atoms with van der Waals surface area (Å²) in [5.74, 6) is 1.71. The predicted octanol–water partition coefficient (Wildman–Crippen LogP) is 3.10. The van der Waals surface area contributed by atoms with E-state index in [-0.39, 0.29) is 11.8 Å². The molecule has 0 aromatic heterocycles. The van der Waals surface area contributed by atoms with Crippen molar-refractivity contribution in [2.45, 2.75) is 38.0 Å². The lowest BCUT2D eigenvalue weighted by Crippen LogP contribution is -2.29. The third-order valence-corrected chi connectivity index (χ3v) is 4.39. The summed E-state index contributed by atoms with van der Waals surface area (Å²) in [6, 6.07) is 10.4. The van der Waals surface area contributed by atoms with Gasteiger partial charge in [-0.25, -0.2) is 0 Å². The molecule has 1 aromatic rings. The Morgan fingerprint density at radius 3 is 2.61 bits per heavy atom. The van der Waals surface area contributed by atoms with E-state index in [4.69, 9.17) is 0 Å². The molecule has 0 aliphatic heterocycles. The highest BCUT2D eigenvalue weighted by Crippen LogP contribution is 2.47. The lowest BCUT2D eigenvalue weighted by atomic mass is 10.1. The molecule has 2 fully saturated rings. The first kappa shape index (κ1) is 11.8. The van der Waals surface area contributed by atoms with Gasteiger partial charge in [0.1, 0.15) is 0 Å². The van der Waals surface area contributed by atoms with Crippen LogP contribution in [-0.4, -0.2) is 12.5 Å². The fourth-order valence-electron chi connectivity index (χ4n) is 3.14. The second-order valence-electron chi connectivity index (χ2n) is 5.76. The van der Waals surface area contributed by atoms with Crippen molar-refractivity contribution in [1.82, 2.24) is 5.32 Å². The van der Waals surface area contributed by atoms with Gasteiger partial charge in [0.25, 0.3) is 0 Å². The molecule has 1 amide bonds. The topological polar surface area (TPSA) is 29.1 Å². The fraction of sp³-hybridized carbons (Fsp3) is 0.562. The Balaban J connectivity index is 1.47. The number of rotatable bonds is 4. The zero-order valence-electron chi connectivity index (χ0n) is 10.8. The monoisotopic (exact) mass is 243 g/mol. The van der Waals surface area contributed by atoms with Crippen LogP contribution in [0.4, 0.5) is 0 Å². The molecule has 0 saturated heterocycles. The molecule has 0 heterocycles. The van der Waals surface area contributed by atoms with Crippen LogP contribution >= 0.6 is 0 Å². The maximum Gasteiger partial charge on any atom is 0.223 e. The Kier molecular flexibility index (Phi) is 3.35. The number of hydrogen-bond acceptors (Lipinski definition) is 1. The zero-order chi connectivity index (χ0) is 12.4. The predicted molar refractivity (Wildman–Crippen MR) is 72.3 cm³/mol. The maximum absolute atomic E-state index is 12.0. The van der Waals surface area contributed by atoms with Gasteiger partial charge < -0.3 is 5.32 Å². The van der Waals surface area contributed by atoms with Gasteiger partial charge in [-0.15, -0.1) is 0 Å². The number of amides is 1. The van der Waals surface area contributed by atoms with Crippen LogP contribution in [0.2, 0.25) is 0 Å².